The smallest absolute Gasteiger partial charge is 0.407 e. The third-order valence-corrected chi connectivity index (χ3v) is 5.89. The Balaban J connectivity index is 1.41. The van der Waals surface area contributed by atoms with E-state index in [-0.39, 0.29) is 18.3 Å². The molecule has 0 spiro atoms. The number of fused-ring (bicyclic) bond motifs is 3. The maximum absolute atomic E-state index is 12.7. The summed E-state index contributed by atoms with van der Waals surface area (Å²) in [5.74, 6) is -2.25. The van der Waals surface area contributed by atoms with E-state index in [0.717, 1.165) is 22.3 Å². The Labute approximate surface area is 201 Å². The Morgan fingerprint density at radius 2 is 1.46 bits per heavy atom. The number of Topliss-reactive ketones (excluding diaryl/α,β-unsaturated/α-hetero) is 1. The van der Waals surface area contributed by atoms with Gasteiger partial charge in [-0.2, -0.15) is 0 Å². The van der Waals surface area contributed by atoms with E-state index >= 15 is 0 Å². The Morgan fingerprint density at radius 3 is 2.00 bits per heavy atom. The van der Waals surface area contributed by atoms with Gasteiger partial charge in [0.1, 0.15) is 12.6 Å². The number of aliphatic carboxylic acids is 1. The SMILES string of the molecule is CC(=O)c1ccc(NC(=O)C(CC(=O)O)NC(=O)OCC2c3ccccc3-c3ccccc32)cc1. The van der Waals surface area contributed by atoms with Gasteiger partial charge in [-0.25, -0.2) is 4.79 Å². The van der Waals surface area contributed by atoms with Crippen molar-refractivity contribution in [3.8, 4) is 11.1 Å². The molecule has 1 aliphatic carbocycles. The first kappa shape index (κ1) is 23.7. The average Bonchev–Trinajstić information content (AvgIpc) is 3.16. The van der Waals surface area contributed by atoms with Crippen molar-refractivity contribution >= 4 is 29.4 Å². The summed E-state index contributed by atoms with van der Waals surface area (Å²) in [6.45, 7) is 1.46. The van der Waals surface area contributed by atoms with E-state index in [9.17, 15) is 24.3 Å². The predicted molar refractivity (Wildman–Crippen MR) is 129 cm³/mol. The molecule has 1 atom stereocenters. The highest BCUT2D eigenvalue weighted by Gasteiger charge is 2.30. The fourth-order valence-electron chi connectivity index (χ4n) is 4.18. The second-order valence-corrected chi connectivity index (χ2v) is 8.24. The fourth-order valence-corrected chi connectivity index (χ4v) is 4.18. The zero-order valence-corrected chi connectivity index (χ0v) is 19.0. The van der Waals surface area contributed by atoms with Crippen LogP contribution in [0.5, 0.6) is 0 Å². The van der Waals surface area contributed by atoms with Crippen LogP contribution in [0.4, 0.5) is 10.5 Å². The molecule has 3 aromatic rings. The number of benzene rings is 3. The second-order valence-electron chi connectivity index (χ2n) is 8.24. The molecule has 4 rings (SSSR count). The van der Waals surface area contributed by atoms with Crippen molar-refractivity contribution in [3.05, 3.63) is 89.5 Å². The van der Waals surface area contributed by atoms with Gasteiger partial charge in [-0.3, -0.25) is 14.4 Å². The lowest BCUT2D eigenvalue weighted by Crippen LogP contribution is -2.45. The number of ketones is 1. The van der Waals surface area contributed by atoms with Crippen LogP contribution in [0.2, 0.25) is 0 Å². The molecule has 35 heavy (non-hydrogen) atoms. The van der Waals surface area contributed by atoms with Crippen LogP contribution >= 0.6 is 0 Å². The number of anilines is 1. The Bertz CT molecular complexity index is 1240. The summed E-state index contributed by atoms with van der Waals surface area (Å²) in [5, 5.41) is 14.1. The minimum Gasteiger partial charge on any atom is -0.481 e. The van der Waals surface area contributed by atoms with Crippen LogP contribution < -0.4 is 10.6 Å². The minimum atomic E-state index is -1.35. The van der Waals surface area contributed by atoms with E-state index in [2.05, 4.69) is 10.6 Å². The van der Waals surface area contributed by atoms with Gasteiger partial charge in [0.25, 0.3) is 0 Å². The summed E-state index contributed by atoms with van der Waals surface area (Å²) in [6.07, 6.45) is -1.51. The van der Waals surface area contributed by atoms with Crippen LogP contribution in [0, 0.1) is 0 Å². The third kappa shape index (κ3) is 5.38. The number of hydrogen-bond donors (Lipinski definition) is 3. The van der Waals surface area contributed by atoms with Gasteiger partial charge in [-0.15, -0.1) is 0 Å². The largest absolute Gasteiger partial charge is 0.481 e. The van der Waals surface area contributed by atoms with Crippen LogP contribution in [0.15, 0.2) is 72.8 Å². The molecule has 1 unspecified atom stereocenters. The van der Waals surface area contributed by atoms with Crippen molar-refractivity contribution in [2.24, 2.45) is 0 Å². The predicted octanol–water partition coefficient (Wildman–Crippen LogP) is 4.21. The second kappa shape index (κ2) is 10.2. The van der Waals surface area contributed by atoms with Gasteiger partial charge >= 0.3 is 12.1 Å². The van der Waals surface area contributed by atoms with Crippen molar-refractivity contribution in [1.82, 2.24) is 5.32 Å². The molecule has 0 saturated heterocycles. The van der Waals surface area contributed by atoms with Crippen molar-refractivity contribution in [2.75, 3.05) is 11.9 Å². The molecule has 3 N–H and O–H groups in total. The van der Waals surface area contributed by atoms with Crippen LogP contribution in [-0.2, 0) is 14.3 Å². The van der Waals surface area contributed by atoms with Crippen molar-refractivity contribution < 1.29 is 29.0 Å². The molecule has 0 aromatic heterocycles. The molecular formula is C27H24N2O6. The van der Waals surface area contributed by atoms with E-state index < -0.39 is 30.4 Å². The van der Waals surface area contributed by atoms with Crippen molar-refractivity contribution in [1.29, 1.82) is 0 Å². The first-order valence-corrected chi connectivity index (χ1v) is 11.1. The van der Waals surface area contributed by atoms with Crippen LogP contribution in [-0.4, -0.2) is 41.5 Å². The summed E-state index contributed by atoms with van der Waals surface area (Å²) >= 11 is 0. The quantitative estimate of drug-likeness (QED) is 0.422. The molecule has 3 aromatic carbocycles. The third-order valence-electron chi connectivity index (χ3n) is 5.89. The normalized spacial score (nSPS) is 12.7. The zero-order valence-electron chi connectivity index (χ0n) is 19.0. The van der Waals surface area contributed by atoms with Gasteiger partial charge in [-0.05, 0) is 53.4 Å². The number of carboxylic acid groups (broad SMARTS) is 1. The minimum absolute atomic E-state index is 0.0355. The molecule has 2 amide bonds. The molecule has 0 heterocycles. The molecule has 0 bridgehead atoms. The summed E-state index contributed by atoms with van der Waals surface area (Å²) in [5.41, 5.74) is 5.07. The van der Waals surface area contributed by atoms with Gasteiger partial charge in [0.15, 0.2) is 5.78 Å². The summed E-state index contributed by atoms with van der Waals surface area (Å²) in [7, 11) is 0. The molecule has 0 radical (unpaired) electrons. The average molecular weight is 472 g/mol. The van der Waals surface area contributed by atoms with Gasteiger partial charge in [0, 0.05) is 17.2 Å². The lowest BCUT2D eigenvalue weighted by atomic mass is 9.98. The molecule has 0 aliphatic heterocycles. The number of carbonyl (C=O) groups is 4. The number of hydrogen-bond acceptors (Lipinski definition) is 5. The summed E-state index contributed by atoms with van der Waals surface area (Å²) in [6, 6.07) is 20.6. The monoisotopic (exact) mass is 472 g/mol. The van der Waals surface area contributed by atoms with E-state index in [1.54, 1.807) is 12.1 Å². The molecular weight excluding hydrogens is 448 g/mol. The Morgan fingerprint density at radius 1 is 0.886 bits per heavy atom. The standard InChI is InChI=1S/C27H24N2O6/c1-16(30)17-10-12-18(13-11-17)28-26(33)24(14-25(31)32)29-27(34)35-15-23-21-8-4-2-6-19(21)20-7-3-5-9-22(20)23/h2-13,23-24H,14-15H2,1H3,(H,28,33)(H,29,34)(H,31,32). The van der Waals surface area contributed by atoms with Crippen LogP contribution in [0.3, 0.4) is 0 Å². The van der Waals surface area contributed by atoms with E-state index in [1.165, 1.54) is 19.1 Å². The first-order chi connectivity index (χ1) is 16.8. The number of carboxylic acids is 1. The highest BCUT2D eigenvalue weighted by atomic mass is 16.5. The number of carbonyl (C=O) groups excluding carboxylic acids is 3. The van der Waals surface area contributed by atoms with Crippen molar-refractivity contribution in [3.63, 3.8) is 0 Å². The van der Waals surface area contributed by atoms with Crippen LogP contribution in [0.25, 0.3) is 11.1 Å². The molecule has 8 nitrogen and oxygen atoms in total. The van der Waals surface area contributed by atoms with Crippen molar-refractivity contribution in [2.45, 2.75) is 25.3 Å². The molecule has 0 fully saturated rings. The van der Waals surface area contributed by atoms with E-state index in [0.29, 0.717) is 11.3 Å². The van der Waals surface area contributed by atoms with Gasteiger partial charge in [0.05, 0.1) is 6.42 Å². The van der Waals surface area contributed by atoms with E-state index in [1.807, 2.05) is 48.5 Å². The van der Waals surface area contributed by atoms with Gasteiger partial charge in [-0.1, -0.05) is 48.5 Å². The number of rotatable bonds is 8. The molecule has 0 saturated carbocycles. The highest BCUT2D eigenvalue weighted by molar-refractivity contribution is 5.99. The summed E-state index contributed by atoms with van der Waals surface area (Å²) < 4.78 is 5.43. The van der Waals surface area contributed by atoms with E-state index in [4.69, 9.17) is 4.74 Å². The highest BCUT2D eigenvalue weighted by Crippen LogP contribution is 2.44. The lowest BCUT2D eigenvalue weighted by Gasteiger charge is -2.19. The van der Waals surface area contributed by atoms with Gasteiger partial charge in [0.2, 0.25) is 5.91 Å². The topological polar surface area (TPSA) is 122 Å². The number of alkyl carbamates (subject to hydrolysis) is 1. The Kier molecular flexibility index (Phi) is 6.91. The van der Waals surface area contributed by atoms with Gasteiger partial charge < -0.3 is 20.5 Å². The lowest BCUT2D eigenvalue weighted by molar-refractivity contribution is -0.139. The maximum atomic E-state index is 12.7. The molecule has 178 valence electrons. The van der Waals surface area contributed by atoms with Crippen LogP contribution in [0.1, 0.15) is 40.7 Å². The first-order valence-electron chi connectivity index (χ1n) is 11.1. The zero-order chi connectivity index (χ0) is 24.9. The Hall–Kier alpha value is -4.46. The fraction of sp³-hybridized carbons (Fsp3) is 0.185. The molecule has 1 aliphatic rings. The number of ether oxygens (including phenoxy) is 1. The maximum Gasteiger partial charge on any atom is 0.407 e. The number of amides is 2. The molecule has 8 heteroatoms. The number of nitrogens with one attached hydrogen (secondary N) is 2. The summed E-state index contributed by atoms with van der Waals surface area (Å²) in [4.78, 5) is 47.9.